The minimum Gasteiger partial charge on any atom is -0.387 e. The maximum atomic E-state index is 12.4. The molecule has 1 aliphatic rings. The number of allylic oxidation sites excluding steroid dienone is 2. The molecule has 128 valence electrons. The van der Waals surface area contributed by atoms with E-state index < -0.39 is 18.2 Å². The molecule has 1 aliphatic heterocycles. The molecule has 25 heavy (non-hydrogen) atoms. The van der Waals surface area contributed by atoms with Gasteiger partial charge in [-0.3, -0.25) is 9.78 Å². The van der Waals surface area contributed by atoms with Crippen molar-refractivity contribution in [2.24, 2.45) is 0 Å². The van der Waals surface area contributed by atoms with Crippen LogP contribution < -0.4 is 10.6 Å². The van der Waals surface area contributed by atoms with Gasteiger partial charge in [-0.25, -0.2) is 0 Å². The van der Waals surface area contributed by atoms with Crippen LogP contribution in [0, 0.1) is 0 Å². The molecule has 1 aromatic carbocycles. The number of amides is 1. The Kier molecular flexibility index (Phi) is 5.23. The Morgan fingerprint density at radius 2 is 1.92 bits per heavy atom. The summed E-state index contributed by atoms with van der Waals surface area (Å²) in [6.07, 6.45) is 4.68. The maximum absolute atomic E-state index is 12.4. The van der Waals surface area contributed by atoms with Crippen LogP contribution in [0.3, 0.4) is 0 Å². The summed E-state index contributed by atoms with van der Waals surface area (Å²) in [7, 11) is 0. The highest BCUT2D eigenvalue weighted by Gasteiger charge is 2.22. The largest absolute Gasteiger partial charge is 0.387 e. The van der Waals surface area contributed by atoms with Crippen LogP contribution in [0.1, 0.15) is 17.2 Å². The van der Waals surface area contributed by atoms with Crippen molar-refractivity contribution in [3.05, 3.63) is 83.8 Å². The first-order valence-corrected chi connectivity index (χ1v) is 7.92. The first kappa shape index (κ1) is 16.9. The first-order valence-electron chi connectivity index (χ1n) is 7.92. The van der Waals surface area contributed by atoms with Crippen molar-refractivity contribution in [2.45, 2.75) is 12.3 Å². The molecule has 2 atom stereocenters. The monoisotopic (exact) mass is 337 g/mol. The smallest absolute Gasteiger partial charge is 0.251 e. The van der Waals surface area contributed by atoms with Gasteiger partial charge in [-0.1, -0.05) is 30.3 Å². The lowest BCUT2D eigenvalue weighted by Gasteiger charge is -2.21. The molecule has 0 fully saturated rings. The number of nitrogens with zero attached hydrogens (tertiary/aromatic N) is 1. The predicted molar refractivity (Wildman–Crippen MR) is 93.9 cm³/mol. The van der Waals surface area contributed by atoms with Gasteiger partial charge in [0.2, 0.25) is 0 Å². The summed E-state index contributed by atoms with van der Waals surface area (Å²) in [5.41, 5.74) is 2.55. The molecular formula is C19H19N3O3. The number of aliphatic hydroxyl groups is 2. The van der Waals surface area contributed by atoms with E-state index in [2.05, 4.69) is 15.6 Å². The second-order valence-corrected chi connectivity index (χ2v) is 5.64. The lowest BCUT2D eigenvalue weighted by atomic mass is 10.0. The highest BCUT2D eigenvalue weighted by Crippen LogP contribution is 2.21. The van der Waals surface area contributed by atoms with Crippen LogP contribution in [0.15, 0.2) is 72.7 Å². The van der Waals surface area contributed by atoms with Crippen molar-refractivity contribution in [3.63, 3.8) is 0 Å². The van der Waals surface area contributed by atoms with Crippen LogP contribution in [0.5, 0.6) is 0 Å². The number of carbonyl (C=O) groups excluding carboxylic acids is 1. The zero-order chi connectivity index (χ0) is 17.6. The third-order valence-electron chi connectivity index (χ3n) is 3.92. The molecule has 0 aliphatic carbocycles. The lowest BCUT2D eigenvalue weighted by Crippen LogP contribution is -2.39. The Labute approximate surface area is 145 Å². The topological polar surface area (TPSA) is 94.5 Å². The van der Waals surface area contributed by atoms with E-state index in [1.54, 1.807) is 36.8 Å². The van der Waals surface area contributed by atoms with Crippen LogP contribution in [0.25, 0.3) is 5.57 Å². The van der Waals surface area contributed by atoms with E-state index in [1.807, 2.05) is 30.3 Å². The van der Waals surface area contributed by atoms with Crippen molar-refractivity contribution >= 4 is 11.5 Å². The number of dihydropyridines is 1. The molecule has 0 saturated heterocycles. The van der Waals surface area contributed by atoms with Crippen molar-refractivity contribution < 1.29 is 15.0 Å². The van der Waals surface area contributed by atoms with Crippen LogP contribution in [-0.4, -0.2) is 33.9 Å². The Bertz CT molecular complexity index is 788. The highest BCUT2D eigenvalue weighted by molar-refractivity contribution is 5.98. The summed E-state index contributed by atoms with van der Waals surface area (Å²) in [5, 5.41) is 25.6. The molecule has 0 bridgehead atoms. The number of hydrogen-bond acceptors (Lipinski definition) is 5. The van der Waals surface area contributed by atoms with Gasteiger partial charge < -0.3 is 20.8 Å². The predicted octanol–water partition coefficient (Wildman–Crippen LogP) is 1.12. The zero-order valence-electron chi connectivity index (χ0n) is 13.5. The van der Waals surface area contributed by atoms with Crippen molar-refractivity contribution in [3.8, 4) is 0 Å². The van der Waals surface area contributed by atoms with E-state index in [0.717, 1.165) is 16.7 Å². The number of rotatable bonds is 5. The number of benzene rings is 1. The summed E-state index contributed by atoms with van der Waals surface area (Å²) in [6, 6.07) is 12.7. The standard InChI is InChI=1S/C19H19N3O3/c23-17(14-4-2-1-3-5-14)12-22-19(25)16-10-15(11-21-18(16)24)13-6-8-20-9-7-13/h1-11,17-18,21,23-24H,12H2,(H,22,25). The van der Waals surface area contributed by atoms with Gasteiger partial charge in [0.15, 0.2) is 6.23 Å². The number of nitrogens with one attached hydrogen (secondary N) is 2. The van der Waals surface area contributed by atoms with Crippen LogP contribution in [0.4, 0.5) is 0 Å². The molecule has 4 N–H and O–H groups in total. The second-order valence-electron chi connectivity index (χ2n) is 5.64. The van der Waals surface area contributed by atoms with Gasteiger partial charge in [0.05, 0.1) is 11.7 Å². The lowest BCUT2D eigenvalue weighted by molar-refractivity contribution is -0.119. The molecule has 1 amide bonds. The van der Waals surface area contributed by atoms with E-state index in [0.29, 0.717) is 0 Å². The fourth-order valence-corrected chi connectivity index (χ4v) is 2.53. The Morgan fingerprint density at radius 1 is 1.20 bits per heavy atom. The summed E-state index contributed by atoms with van der Waals surface area (Å²) in [6.45, 7) is 0.0568. The van der Waals surface area contributed by atoms with Gasteiger partial charge in [0.25, 0.3) is 5.91 Å². The third kappa shape index (κ3) is 4.12. The minimum absolute atomic E-state index is 0.0568. The van der Waals surface area contributed by atoms with Gasteiger partial charge in [-0.15, -0.1) is 0 Å². The van der Waals surface area contributed by atoms with Crippen LogP contribution in [0.2, 0.25) is 0 Å². The summed E-state index contributed by atoms with van der Waals surface area (Å²) in [4.78, 5) is 16.4. The summed E-state index contributed by atoms with van der Waals surface area (Å²) in [5.74, 6) is -0.436. The fraction of sp³-hybridized carbons (Fsp3) is 0.158. The first-order chi connectivity index (χ1) is 12.1. The quantitative estimate of drug-likeness (QED) is 0.656. The summed E-state index contributed by atoms with van der Waals surface area (Å²) >= 11 is 0. The van der Waals surface area contributed by atoms with Gasteiger partial charge in [-0.2, -0.15) is 0 Å². The molecule has 2 unspecified atom stereocenters. The van der Waals surface area contributed by atoms with Gasteiger partial charge in [0, 0.05) is 25.1 Å². The van der Waals surface area contributed by atoms with Crippen molar-refractivity contribution in [1.29, 1.82) is 0 Å². The molecule has 2 aromatic rings. The Balaban J connectivity index is 1.68. The molecular weight excluding hydrogens is 318 g/mol. The van der Waals surface area contributed by atoms with Gasteiger partial charge >= 0.3 is 0 Å². The molecule has 0 saturated carbocycles. The number of aromatic nitrogens is 1. The SMILES string of the molecule is O=C(NCC(O)c1ccccc1)C1=CC(c2ccncc2)=CNC1O. The zero-order valence-corrected chi connectivity index (χ0v) is 13.5. The van der Waals surface area contributed by atoms with Crippen LogP contribution in [-0.2, 0) is 4.79 Å². The fourth-order valence-electron chi connectivity index (χ4n) is 2.53. The number of carbonyl (C=O) groups is 1. The minimum atomic E-state index is -1.10. The Hall–Kier alpha value is -2.96. The van der Waals surface area contributed by atoms with Gasteiger partial charge in [-0.05, 0) is 34.9 Å². The Morgan fingerprint density at radius 3 is 2.64 bits per heavy atom. The van der Waals surface area contributed by atoms with E-state index in [9.17, 15) is 15.0 Å². The average Bonchev–Trinajstić information content (AvgIpc) is 2.67. The molecule has 1 aromatic heterocycles. The molecule has 0 radical (unpaired) electrons. The van der Waals surface area contributed by atoms with E-state index in [1.165, 1.54) is 0 Å². The van der Waals surface area contributed by atoms with E-state index in [4.69, 9.17) is 0 Å². The number of hydrogen-bond donors (Lipinski definition) is 4. The maximum Gasteiger partial charge on any atom is 0.251 e. The van der Waals surface area contributed by atoms with Crippen LogP contribution >= 0.6 is 0 Å². The average molecular weight is 337 g/mol. The molecule has 0 spiro atoms. The second kappa shape index (κ2) is 7.74. The highest BCUT2D eigenvalue weighted by atomic mass is 16.3. The molecule has 2 heterocycles. The number of pyridine rings is 1. The molecule has 3 rings (SSSR count). The van der Waals surface area contributed by atoms with Crippen molar-refractivity contribution in [2.75, 3.05) is 6.54 Å². The normalized spacial score (nSPS) is 17.8. The van der Waals surface area contributed by atoms with E-state index >= 15 is 0 Å². The van der Waals surface area contributed by atoms with Crippen molar-refractivity contribution in [1.82, 2.24) is 15.6 Å². The summed E-state index contributed by atoms with van der Waals surface area (Å²) < 4.78 is 0. The molecule has 6 nitrogen and oxygen atoms in total. The van der Waals surface area contributed by atoms with Gasteiger partial charge in [0.1, 0.15) is 0 Å². The third-order valence-corrected chi connectivity index (χ3v) is 3.92. The van der Waals surface area contributed by atoms with E-state index in [-0.39, 0.29) is 12.1 Å². The number of aliphatic hydroxyl groups excluding tert-OH is 2. The molecule has 6 heteroatoms.